The summed E-state index contributed by atoms with van der Waals surface area (Å²) < 4.78 is 5.25. The van der Waals surface area contributed by atoms with Crippen LogP contribution in [0.4, 0.5) is 0 Å². The fourth-order valence-electron chi connectivity index (χ4n) is 1.73. The lowest BCUT2D eigenvalue weighted by atomic mass is 10.4. The molecule has 6 nitrogen and oxygen atoms in total. The fraction of sp³-hybridized carbons (Fsp3) is 0.923. The summed E-state index contributed by atoms with van der Waals surface area (Å²) in [7, 11) is 0. The first kappa shape index (κ1) is 18.1. The SMILES string of the molecule is CCCN(CC)CCNC(=NCCCOCC)NN. The summed E-state index contributed by atoms with van der Waals surface area (Å²) in [6.45, 7) is 12.7. The zero-order valence-electron chi connectivity index (χ0n) is 12.7. The van der Waals surface area contributed by atoms with Crippen LogP contribution in [0.25, 0.3) is 0 Å². The summed E-state index contributed by atoms with van der Waals surface area (Å²) in [5.41, 5.74) is 2.60. The van der Waals surface area contributed by atoms with E-state index in [9.17, 15) is 0 Å². The third-order valence-electron chi connectivity index (χ3n) is 2.77. The van der Waals surface area contributed by atoms with Crippen molar-refractivity contribution in [2.75, 3.05) is 45.9 Å². The summed E-state index contributed by atoms with van der Waals surface area (Å²) in [4.78, 5) is 6.75. The molecule has 0 fully saturated rings. The van der Waals surface area contributed by atoms with Crippen molar-refractivity contribution in [2.24, 2.45) is 10.8 Å². The van der Waals surface area contributed by atoms with Gasteiger partial charge >= 0.3 is 0 Å². The zero-order valence-corrected chi connectivity index (χ0v) is 12.7. The van der Waals surface area contributed by atoms with Gasteiger partial charge in [-0.1, -0.05) is 13.8 Å². The molecule has 0 aliphatic rings. The average Bonchev–Trinajstić information content (AvgIpc) is 2.44. The van der Waals surface area contributed by atoms with E-state index in [2.05, 4.69) is 34.5 Å². The van der Waals surface area contributed by atoms with Gasteiger partial charge in [0.25, 0.3) is 0 Å². The van der Waals surface area contributed by atoms with Gasteiger partial charge in [-0.2, -0.15) is 0 Å². The molecule has 0 atom stereocenters. The minimum Gasteiger partial charge on any atom is -0.382 e. The second-order valence-corrected chi connectivity index (χ2v) is 4.29. The molecule has 0 saturated heterocycles. The summed E-state index contributed by atoms with van der Waals surface area (Å²) in [5, 5.41) is 3.21. The Hall–Kier alpha value is -0.850. The highest BCUT2D eigenvalue weighted by Gasteiger charge is 2.01. The first-order valence-electron chi connectivity index (χ1n) is 7.33. The molecule has 0 aromatic carbocycles. The Bertz CT molecular complexity index is 223. The van der Waals surface area contributed by atoms with Gasteiger partial charge in [0.2, 0.25) is 5.96 Å². The van der Waals surface area contributed by atoms with E-state index in [1.807, 2.05) is 6.92 Å². The van der Waals surface area contributed by atoms with Crippen molar-refractivity contribution in [1.29, 1.82) is 0 Å². The highest BCUT2D eigenvalue weighted by Crippen LogP contribution is 1.89. The molecule has 6 heteroatoms. The Labute approximate surface area is 117 Å². The van der Waals surface area contributed by atoms with E-state index < -0.39 is 0 Å². The van der Waals surface area contributed by atoms with E-state index in [1.165, 1.54) is 6.42 Å². The Balaban J connectivity index is 3.75. The molecule has 0 unspecified atom stereocenters. The molecular formula is C13H31N5O. The van der Waals surface area contributed by atoms with Crippen molar-refractivity contribution in [1.82, 2.24) is 15.6 Å². The highest BCUT2D eigenvalue weighted by molar-refractivity contribution is 5.79. The van der Waals surface area contributed by atoms with Crippen LogP contribution < -0.4 is 16.6 Å². The third-order valence-corrected chi connectivity index (χ3v) is 2.77. The van der Waals surface area contributed by atoms with E-state index >= 15 is 0 Å². The Morgan fingerprint density at radius 2 is 2.05 bits per heavy atom. The summed E-state index contributed by atoms with van der Waals surface area (Å²) in [6, 6.07) is 0. The summed E-state index contributed by atoms with van der Waals surface area (Å²) >= 11 is 0. The largest absolute Gasteiger partial charge is 0.382 e. The van der Waals surface area contributed by atoms with Crippen molar-refractivity contribution in [2.45, 2.75) is 33.6 Å². The number of hydrogen-bond acceptors (Lipinski definition) is 4. The Morgan fingerprint density at radius 1 is 1.26 bits per heavy atom. The molecule has 0 aliphatic carbocycles. The van der Waals surface area contributed by atoms with Crippen molar-refractivity contribution in [3.8, 4) is 0 Å². The molecule has 0 aromatic rings. The molecule has 0 spiro atoms. The van der Waals surface area contributed by atoms with Crippen LogP contribution in [0.15, 0.2) is 4.99 Å². The molecule has 0 rings (SSSR count). The average molecular weight is 273 g/mol. The molecule has 0 radical (unpaired) electrons. The Kier molecular flexibility index (Phi) is 13.0. The number of aliphatic imine (C=N–C) groups is 1. The third kappa shape index (κ3) is 10.7. The topological polar surface area (TPSA) is 74.9 Å². The quantitative estimate of drug-likeness (QED) is 0.169. The number of hydrogen-bond donors (Lipinski definition) is 3. The van der Waals surface area contributed by atoms with E-state index in [4.69, 9.17) is 10.6 Å². The minimum atomic E-state index is 0.657. The van der Waals surface area contributed by atoms with Gasteiger partial charge in [0, 0.05) is 32.8 Å². The first-order valence-corrected chi connectivity index (χ1v) is 7.33. The lowest BCUT2D eigenvalue weighted by Crippen LogP contribution is -2.44. The number of hydrazine groups is 1. The highest BCUT2D eigenvalue weighted by atomic mass is 16.5. The van der Waals surface area contributed by atoms with Crippen LogP contribution in [0.5, 0.6) is 0 Å². The molecule has 0 aromatic heterocycles. The maximum Gasteiger partial charge on any atom is 0.205 e. The molecule has 4 N–H and O–H groups in total. The van der Waals surface area contributed by atoms with Crippen molar-refractivity contribution in [3.63, 3.8) is 0 Å². The van der Waals surface area contributed by atoms with Crippen LogP contribution >= 0.6 is 0 Å². The van der Waals surface area contributed by atoms with Gasteiger partial charge < -0.3 is 15.0 Å². The number of likely N-dealkylation sites (N-methyl/N-ethyl adjacent to an activating group) is 1. The zero-order chi connectivity index (χ0) is 14.3. The maximum absolute atomic E-state index is 5.43. The van der Waals surface area contributed by atoms with E-state index in [0.717, 1.165) is 52.4 Å². The molecular weight excluding hydrogens is 242 g/mol. The van der Waals surface area contributed by atoms with Crippen molar-refractivity contribution < 1.29 is 4.74 Å². The van der Waals surface area contributed by atoms with Gasteiger partial charge in [0.05, 0.1) is 0 Å². The molecule has 0 heterocycles. The van der Waals surface area contributed by atoms with Crippen LogP contribution in [-0.4, -0.2) is 56.8 Å². The number of nitrogens with zero attached hydrogens (tertiary/aromatic N) is 2. The molecule has 0 bridgehead atoms. The lowest BCUT2D eigenvalue weighted by molar-refractivity contribution is 0.146. The number of rotatable bonds is 11. The van der Waals surface area contributed by atoms with Gasteiger partial charge in [-0.05, 0) is 32.9 Å². The Morgan fingerprint density at radius 3 is 2.63 bits per heavy atom. The molecule has 19 heavy (non-hydrogen) atoms. The predicted molar refractivity (Wildman–Crippen MR) is 81.1 cm³/mol. The summed E-state index contributed by atoms with van der Waals surface area (Å²) in [6.07, 6.45) is 2.10. The van der Waals surface area contributed by atoms with Gasteiger partial charge in [0.15, 0.2) is 0 Å². The number of nitrogens with one attached hydrogen (secondary N) is 2. The van der Waals surface area contributed by atoms with Crippen molar-refractivity contribution >= 4 is 5.96 Å². The van der Waals surface area contributed by atoms with E-state index in [-0.39, 0.29) is 0 Å². The normalized spacial score (nSPS) is 11.9. The standard InChI is InChI=1S/C13H31N5O/c1-4-10-18(5-2)11-9-16-13(17-14)15-8-7-12-19-6-3/h4-12,14H2,1-3H3,(H2,15,16,17). The maximum atomic E-state index is 5.43. The fourth-order valence-corrected chi connectivity index (χ4v) is 1.73. The molecule has 0 amide bonds. The second-order valence-electron chi connectivity index (χ2n) is 4.29. The first-order chi connectivity index (χ1) is 9.28. The number of ether oxygens (including phenoxy) is 1. The molecule has 0 aliphatic heterocycles. The minimum absolute atomic E-state index is 0.657. The molecule has 114 valence electrons. The van der Waals surface area contributed by atoms with Crippen molar-refractivity contribution in [3.05, 3.63) is 0 Å². The summed E-state index contributed by atoms with van der Waals surface area (Å²) in [5.74, 6) is 6.09. The van der Waals surface area contributed by atoms with Crippen LogP contribution in [0.3, 0.4) is 0 Å². The predicted octanol–water partition coefficient (Wildman–Crippen LogP) is 0.554. The second kappa shape index (κ2) is 13.6. The van der Waals surface area contributed by atoms with Gasteiger partial charge in [0.1, 0.15) is 0 Å². The van der Waals surface area contributed by atoms with Gasteiger partial charge in [-0.3, -0.25) is 10.4 Å². The van der Waals surface area contributed by atoms with Crippen LogP contribution in [-0.2, 0) is 4.74 Å². The number of guanidine groups is 1. The van der Waals surface area contributed by atoms with Crippen LogP contribution in [0.1, 0.15) is 33.6 Å². The van der Waals surface area contributed by atoms with Gasteiger partial charge in [-0.25, -0.2) is 5.84 Å². The smallest absolute Gasteiger partial charge is 0.205 e. The monoisotopic (exact) mass is 273 g/mol. The van der Waals surface area contributed by atoms with E-state index in [1.54, 1.807) is 0 Å². The van der Waals surface area contributed by atoms with Crippen LogP contribution in [0, 0.1) is 0 Å². The van der Waals surface area contributed by atoms with Crippen LogP contribution in [0.2, 0.25) is 0 Å². The lowest BCUT2D eigenvalue weighted by Gasteiger charge is -2.20. The van der Waals surface area contributed by atoms with E-state index in [0.29, 0.717) is 5.96 Å². The van der Waals surface area contributed by atoms with Gasteiger partial charge in [-0.15, -0.1) is 0 Å². The molecule has 0 saturated carbocycles. The number of nitrogens with two attached hydrogens (primary N) is 1.